The van der Waals surface area contributed by atoms with Gasteiger partial charge < -0.3 is 14.6 Å². The van der Waals surface area contributed by atoms with E-state index in [1.165, 1.54) is 0 Å². The summed E-state index contributed by atoms with van der Waals surface area (Å²) in [6.45, 7) is 12.8. The number of aliphatic hydroxyl groups excluding tert-OH is 1. The first-order valence-corrected chi connectivity index (χ1v) is 12.6. The molecular formula is C30H40O5. The summed E-state index contributed by atoms with van der Waals surface area (Å²) in [4.78, 5) is 25.5. The summed E-state index contributed by atoms with van der Waals surface area (Å²) >= 11 is 0. The molecule has 5 nitrogen and oxygen atoms in total. The fourth-order valence-electron chi connectivity index (χ4n) is 4.56. The Morgan fingerprint density at radius 2 is 1.77 bits per heavy atom. The largest absolute Gasteiger partial charge is 0.491 e. The molecule has 0 saturated heterocycles. The van der Waals surface area contributed by atoms with Gasteiger partial charge in [0.05, 0.1) is 11.7 Å². The Morgan fingerprint density at radius 1 is 1.09 bits per heavy atom. The van der Waals surface area contributed by atoms with Crippen molar-refractivity contribution >= 4 is 17.3 Å². The minimum absolute atomic E-state index is 0.0497. The molecule has 2 aliphatic rings. The average molecular weight is 481 g/mol. The molecule has 190 valence electrons. The summed E-state index contributed by atoms with van der Waals surface area (Å²) in [5.41, 5.74) is 1.34. The molecule has 3 rings (SSSR count). The van der Waals surface area contributed by atoms with E-state index < -0.39 is 12.2 Å². The molecule has 1 aromatic rings. The molecule has 1 aromatic carbocycles. The number of hydrogen-bond donors (Lipinski definition) is 1. The Bertz CT molecular complexity index is 988. The van der Waals surface area contributed by atoms with E-state index in [0.717, 1.165) is 12.0 Å². The number of esters is 1. The zero-order valence-electron chi connectivity index (χ0n) is 21.9. The third-order valence-corrected chi connectivity index (χ3v) is 6.51. The van der Waals surface area contributed by atoms with E-state index in [1.807, 2.05) is 48.6 Å². The van der Waals surface area contributed by atoms with Gasteiger partial charge in [0.15, 0.2) is 0 Å². The van der Waals surface area contributed by atoms with Gasteiger partial charge in [-0.2, -0.15) is 0 Å². The molecule has 1 N–H and O–H groups in total. The van der Waals surface area contributed by atoms with Crippen molar-refractivity contribution in [2.45, 2.75) is 73.0 Å². The maximum Gasteiger partial charge on any atom is 0.339 e. The van der Waals surface area contributed by atoms with Crippen LogP contribution in [0.25, 0.3) is 5.57 Å². The molecule has 5 heteroatoms. The first-order chi connectivity index (χ1) is 16.3. The van der Waals surface area contributed by atoms with Crippen LogP contribution in [0.2, 0.25) is 0 Å². The zero-order valence-corrected chi connectivity index (χ0v) is 21.9. The lowest BCUT2D eigenvalue weighted by molar-refractivity contribution is -0.141. The van der Waals surface area contributed by atoms with Crippen LogP contribution in [0.5, 0.6) is 0 Å². The summed E-state index contributed by atoms with van der Waals surface area (Å²) < 4.78 is 11.4. The number of allylic oxidation sites excluding steroid dienone is 1. The summed E-state index contributed by atoms with van der Waals surface area (Å²) in [7, 11) is 0. The molecular weight excluding hydrogens is 440 g/mol. The number of carbonyl (C=O) groups excluding carboxylic acids is 2. The first-order valence-electron chi connectivity index (χ1n) is 12.6. The lowest BCUT2D eigenvalue weighted by Gasteiger charge is -2.34. The van der Waals surface area contributed by atoms with Gasteiger partial charge in [-0.25, -0.2) is 4.79 Å². The van der Waals surface area contributed by atoms with Crippen LogP contribution < -0.4 is 0 Å². The lowest BCUT2D eigenvalue weighted by Crippen LogP contribution is -2.33. The van der Waals surface area contributed by atoms with Gasteiger partial charge in [0.25, 0.3) is 0 Å². The van der Waals surface area contributed by atoms with E-state index in [2.05, 4.69) is 41.5 Å². The molecule has 0 saturated carbocycles. The van der Waals surface area contributed by atoms with E-state index in [9.17, 15) is 14.7 Å². The predicted octanol–water partition coefficient (Wildman–Crippen LogP) is 5.89. The molecule has 4 unspecified atom stereocenters. The van der Waals surface area contributed by atoms with Crippen LogP contribution in [0.3, 0.4) is 0 Å². The second kappa shape index (κ2) is 10.9. The van der Waals surface area contributed by atoms with Crippen LogP contribution in [0.15, 0.2) is 60.4 Å². The van der Waals surface area contributed by atoms with E-state index in [1.54, 1.807) is 6.08 Å². The Balaban J connectivity index is 1.52. The fraction of sp³-hybridized carbons (Fsp3) is 0.533. The van der Waals surface area contributed by atoms with Crippen LogP contribution in [0, 0.1) is 22.7 Å². The third-order valence-electron chi connectivity index (χ3n) is 6.51. The number of fused-ring (bicyclic) bond motifs is 1. The molecule has 0 amide bonds. The summed E-state index contributed by atoms with van der Waals surface area (Å²) in [6.07, 6.45) is 7.82. The molecule has 1 aliphatic heterocycles. The molecule has 0 fully saturated rings. The monoisotopic (exact) mass is 480 g/mol. The lowest BCUT2D eigenvalue weighted by atomic mass is 9.69. The Hall–Kier alpha value is -2.66. The van der Waals surface area contributed by atoms with Crippen molar-refractivity contribution in [2.24, 2.45) is 22.7 Å². The summed E-state index contributed by atoms with van der Waals surface area (Å²) in [5.74, 6) is 0.286. The standard InChI is InChI=1S/C30H40O5/c1-29(2,3)18-25(30(4,5)6)26(32)15-13-22(31)19-34-23-14-12-21-16-24(20-10-8-7-9-11-20)28(33)35-27(21)17-23/h7-12,14,16-17,21-22,25,27,31H,13,15,18-19H2,1-6H3. The van der Waals surface area contributed by atoms with E-state index in [-0.39, 0.29) is 41.0 Å². The number of ketones is 1. The number of benzene rings is 1. The Labute approximate surface area is 209 Å². The minimum atomic E-state index is -0.750. The van der Waals surface area contributed by atoms with Crippen molar-refractivity contribution in [2.75, 3.05) is 6.61 Å². The van der Waals surface area contributed by atoms with Crippen molar-refractivity contribution in [1.82, 2.24) is 0 Å². The smallest absolute Gasteiger partial charge is 0.339 e. The summed E-state index contributed by atoms with van der Waals surface area (Å²) in [6, 6.07) is 9.48. The van der Waals surface area contributed by atoms with Crippen molar-refractivity contribution in [1.29, 1.82) is 0 Å². The highest BCUT2D eigenvalue weighted by Gasteiger charge is 2.34. The zero-order chi connectivity index (χ0) is 25.8. The predicted molar refractivity (Wildman–Crippen MR) is 138 cm³/mol. The number of rotatable bonds is 9. The normalized spacial score (nSPS) is 21.9. The quantitative estimate of drug-likeness (QED) is 0.446. The Kier molecular flexibility index (Phi) is 8.42. The van der Waals surface area contributed by atoms with Crippen LogP contribution in [-0.4, -0.2) is 35.7 Å². The van der Waals surface area contributed by atoms with Gasteiger partial charge >= 0.3 is 5.97 Å². The van der Waals surface area contributed by atoms with Crippen LogP contribution in [-0.2, 0) is 19.1 Å². The van der Waals surface area contributed by atoms with Crippen molar-refractivity contribution in [3.05, 3.63) is 66.0 Å². The second-order valence-electron chi connectivity index (χ2n) is 12.0. The molecule has 0 radical (unpaired) electrons. The SMILES string of the molecule is CC(C)(C)CC(C(=O)CCC(O)COC1=CC2OC(=O)C(c3ccccc3)=CC2C=C1)C(C)(C)C. The van der Waals surface area contributed by atoms with Crippen LogP contribution in [0.1, 0.15) is 66.4 Å². The van der Waals surface area contributed by atoms with Crippen molar-refractivity contribution in [3.63, 3.8) is 0 Å². The maximum absolute atomic E-state index is 13.0. The highest BCUT2D eigenvalue weighted by Crippen LogP contribution is 2.37. The fourth-order valence-corrected chi connectivity index (χ4v) is 4.56. The third kappa shape index (κ3) is 7.66. The molecule has 1 aliphatic carbocycles. The van der Waals surface area contributed by atoms with Gasteiger partial charge in [0.2, 0.25) is 0 Å². The molecule has 0 aromatic heterocycles. The molecule has 0 bridgehead atoms. The van der Waals surface area contributed by atoms with E-state index >= 15 is 0 Å². The van der Waals surface area contributed by atoms with Gasteiger partial charge in [-0.05, 0) is 41.4 Å². The van der Waals surface area contributed by atoms with Crippen molar-refractivity contribution < 1.29 is 24.2 Å². The second-order valence-corrected chi connectivity index (χ2v) is 12.0. The van der Waals surface area contributed by atoms with Gasteiger partial charge in [-0.1, -0.05) is 84.0 Å². The molecule has 35 heavy (non-hydrogen) atoms. The topological polar surface area (TPSA) is 72.8 Å². The van der Waals surface area contributed by atoms with Crippen LogP contribution >= 0.6 is 0 Å². The number of Topliss-reactive ketones (excluding diaryl/α,β-unsaturated/α-hetero) is 1. The van der Waals surface area contributed by atoms with Crippen LogP contribution in [0.4, 0.5) is 0 Å². The Morgan fingerprint density at radius 3 is 2.40 bits per heavy atom. The average Bonchev–Trinajstić information content (AvgIpc) is 2.78. The van der Waals surface area contributed by atoms with Gasteiger partial charge in [-0.15, -0.1) is 0 Å². The van der Waals surface area contributed by atoms with E-state index in [4.69, 9.17) is 9.47 Å². The molecule has 1 heterocycles. The maximum atomic E-state index is 13.0. The highest BCUT2D eigenvalue weighted by molar-refractivity contribution is 6.17. The minimum Gasteiger partial charge on any atom is -0.491 e. The highest BCUT2D eigenvalue weighted by atomic mass is 16.5. The summed E-state index contributed by atoms with van der Waals surface area (Å²) in [5, 5.41) is 10.5. The number of carbonyl (C=O) groups is 2. The molecule has 0 spiro atoms. The number of aliphatic hydroxyl groups is 1. The van der Waals surface area contributed by atoms with E-state index in [0.29, 0.717) is 24.2 Å². The number of hydrogen-bond acceptors (Lipinski definition) is 5. The molecule has 4 atom stereocenters. The van der Waals surface area contributed by atoms with Gasteiger partial charge in [0.1, 0.15) is 24.3 Å². The van der Waals surface area contributed by atoms with Gasteiger partial charge in [-0.3, -0.25) is 4.79 Å². The number of ether oxygens (including phenoxy) is 2. The van der Waals surface area contributed by atoms with Gasteiger partial charge in [0, 0.05) is 18.3 Å². The van der Waals surface area contributed by atoms with Crippen molar-refractivity contribution in [3.8, 4) is 0 Å². The first kappa shape index (κ1) is 26.9.